The average molecular weight is 529 g/mol. The topological polar surface area (TPSA) is 93.7 Å². The highest BCUT2D eigenvalue weighted by Gasteiger charge is 2.29. The molecular weight excluding hydrogens is 503 g/mol. The molecule has 0 aliphatic rings. The number of amides is 2. The summed E-state index contributed by atoms with van der Waals surface area (Å²) in [4.78, 5) is 38.3. The maximum Gasteiger partial charge on any atom is 0.408 e. The molecule has 188 valence electrons. The fourth-order valence-corrected chi connectivity index (χ4v) is 4.06. The first-order valence-electron chi connectivity index (χ1n) is 11.2. The lowest BCUT2D eigenvalue weighted by atomic mass is 10.0. The molecule has 3 aromatic rings. The monoisotopic (exact) mass is 528 g/mol. The molecule has 0 heterocycles. The molecule has 0 saturated heterocycles. The van der Waals surface area contributed by atoms with E-state index in [1.165, 1.54) is 7.11 Å². The first-order chi connectivity index (χ1) is 17.4. The van der Waals surface area contributed by atoms with E-state index in [0.29, 0.717) is 15.6 Å². The largest absolute Gasteiger partial charge is 0.467 e. The molecule has 0 bridgehead atoms. The van der Waals surface area contributed by atoms with Crippen molar-refractivity contribution in [3.8, 4) is 0 Å². The van der Waals surface area contributed by atoms with Crippen molar-refractivity contribution >= 4 is 41.2 Å². The summed E-state index contributed by atoms with van der Waals surface area (Å²) in [6, 6.07) is 21.2. The van der Waals surface area contributed by atoms with E-state index in [0.717, 1.165) is 11.1 Å². The summed E-state index contributed by atoms with van der Waals surface area (Å²) >= 11 is 12.5. The molecule has 0 aliphatic carbocycles. The molecule has 0 fully saturated rings. The highest BCUT2D eigenvalue weighted by atomic mass is 35.5. The fraction of sp³-hybridized carbons (Fsp3) is 0.222. The molecule has 0 aromatic heterocycles. The number of hydrogen-bond donors (Lipinski definition) is 2. The van der Waals surface area contributed by atoms with Gasteiger partial charge in [0.1, 0.15) is 18.7 Å². The number of nitrogens with one attached hydrogen (secondary N) is 2. The first-order valence-corrected chi connectivity index (χ1v) is 11.9. The van der Waals surface area contributed by atoms with Gasteiger partial charge in [-0.15, -0.1) is 0 Å². The molecule has 7 nitrogen and oxygen atoms in total. The predicted octanol–water partition coefficient (Wildman–Crippen LogP) is 4.73. The van der Waals surface area contributed by atoms with Crippen LogP contribution in [0.4, 0.5) is 4.79 Å². The quantitative estimate of drug-likeness (QED) is 0.371. The van der Waals surface area contributed by atoms with E-state index < -0.39 is 30.1 Å². The second-order valence-corrected chi connectivity index (χ2v) is 8.75. The molecule has 36 heavy (non-hydrogen) atoms. The zero-order valence-corrected chi connectivity index (χ0v) is 21.1. The molecule has 0 saturated carbocycles. The molecule has 2 atom stereocenters. The van der Waals surface area contributed by atoms with Gasteiger partial charge in [0.05, 0.1) is 7.11 Å². The highest BCUT2D eigenvalue weighted by molar-refractivity contribution is 6.36. The normalized spacial score (nSPS) is 12.2. The standard InChI is InChI=1S/C27H26Cl2N2O5/c1-35-26(33)24(16-20-21(28)13-8-14-22(20)29)30-25(32)23(15-18-9-4-2-5-10-18)31-27(34)36-17-19-11-6-3-7-12-19/h2-14,23-24H,15-17H2,1H3,(H,30,32)(H,31,34)/t23-,24+/m0/s1. The number of hydrogen-bond acceptors (Lipinski definition) is 5. The second kappa shape index (κ2) is 13.5. The summed E-state index contributed by atoms with van der Waals surface area (Å²) in [7, 11) is 1.22. The van der Waals surface area contributed by atoms with Gasteiger partial charge in [-0.05, 0) is 28.8 Å². The number of benzene rings is 3. The van der Waals surface area contributed by atoms with Crippen LogP contribution < -0.4 is 10.6 Å². The van der Waals surface area contributed by atoms with Crippen LogP contribution in [0.3, 0.4) is 0 Å². The molecule has 0 spiro atoms. The number of ether oxygens (including phenoxy) is 2. The van der Waals surface area contributed by atoms with E-state index in [1.54, 1.807) is 18.2 Å². The average Bonchev–Trinajstić information content (AvgIpc) is 2.89. The van der Waals surface area contributed by atoms with Crippen LogP contribution >= 0.6 is 23.2 Å². The van der Waals surface area contributed by atoms with Crippen molar-refractivity contribution in [2.45, 2.75) is 31.5 Å². The van der Waals surface area contributed by atoms with Crippen LogP contribution in [0.25, 0.3) is 0 Å². The number of methoxy groups -OCH3 is 1. The fourth-order valence-electron chi connectivity index (χ4n) is 3.51. The number of rotatable bonds is 10. The Hall–Kier alpha value is -3.55. The van der Waals surface area contributed by atoms with Crippen LogP contribution in [0.1, 0.15) is 16.7 Å². The zero-order chi connectivity index (χ0) is 25.9. The molecule has 0 unspecified atom stereocenters. The van der Waals surface area contributed by atoms with Gasteiger partial charge in [-0.2, -0.15) is 0 Å². The molecule has 0 aliphatic heterocycles. The number of carbonyl (C=O) groups excluding carboxylic acids is 3. The van der Waals surface area contributed by atoms with Crippen LogP contribution in [-0.2, 0) is 38.5 Å². The lowest BCUT2D eigenvalue weighted by Crippen LogP contribution is -2.53. The van der Waals surface area contributed by atoms with Gasteiger partial charge >= 0.3 is 12.1 Å². The Kier molecular flexibility index (Phi) is 10.2. The number of alkyl carbamates (subject to hydrolysis) is 1. The molecule has 3 rings (SSSR count). The van der Waals surface area contributed by atoms with E-state index in [-0.39, 0.29) is 19.4 Å². The maximum absolute atomic E-state index is 13.3. The van der Waals surface area contributed by atoms with E-state index in [4.69, 9.17) is 32.7 Å². The van der Waals surface area contributed by atoms with Crippen molar-refractivity contribution < 1.29 is 23.9 Å². The minimum absolute atomic E-state index is 0.00737. The minimum Gasteiger partial charge on any atom is -0.467 e. The van der Waals surface area contributed by atoms with Crippen LogP contribution in [0.5, 0.6) is 0 Å². The molecule has 0 radical (unpaired) electrons. The van der Waals surface area contributed by atoms with E-state index in [1.807, 2.05) is 60.7 Å². The van der Waals surface area contributed by atoms with Gasteiger partial charge in [-0.25, -0.2) is 9.59 Å². The third-order valence-corrected chi connectivity index (χ3v) is 6.08. The smallest absolute Gasteiger partial charge is 0.408 e. The van der Waals surface area contributed by atoms with Gasteiger partial charge in [-0.3, -0.25) is 4.79 Å². The summed E-state index contributed by atoms with van der Waals surface area (Å²) < 4.78 is 10.2. The summed E-state index contributed by atoms with van der Waals surface area (Å²) in [5, 5.41) is 5.99. The first kappa shape index (κ1) is 27.0. The van der Waals surface area contributed by atoms with Crippen LogP contribution in [0.2, 0.25) is 10.0 Å². The Morgan fingerprint density at radius 2 is 1.33 bits per heavy atom. The van der Waals surface area contributed by atoms with Crippen LogP contribution in [-0.4, -0.2) is 37.2 Å². The van der Waals surface area contributed by atoms with Gasteiger partial charge in [-0.1, -0.05) is 89.9 Å². The van der Waals surface area contributed by atoms with Crippen molar-refractivity contribution in [3.05, 3.63) is 106 Å². The van der Waals surface area contributed by atoms with Crippen molar-refractivity contribution in [2.75, 3.05) is 7.11 Å². The lowest BCUT2D eigenvalue weighted by molar-refractivity contribution is -0.145. The van der Waals surface area contributed by atoms with Crippen molar-refractivity contribution in [3.63, 3.8) is 0 Å². The highest BCUT2D eigenvalue weighted by Crippen LogP contribution is 2.25. The van der Waals surface area contributed by atoms with Gasteiger partial charge in [0.2, 0.25) is 5.91 Å². The molecule has 2 N–H and O–H groups in total. The van der Waals surface area contributed by atoms with Crippen molar-refractivity contribution in [2.24, 2.45) is 0 Å². The molecule has 2 amide bonds. The summed E-state index contributed by atoms with van der Waals surface area (Å²) in [6.07, 6.45) is -0.583. The zero-order valence-electron chi connectivity index (χ0n) is 19.6. The van der Waals surface area contributed by atoms with Crippen molar-refractivity contribution in [1.29, 1.82) is 0 Å². The summed E-state index contributed by atoms with van der Waals surface area (Å²) in [5.74, 6) is -1.27. The molecule has 9 heteroatoms. The SMILES string of the molecule is COC(=O)[C@@H](Cc1c(Cl)cccc1Cl)NC(=O)[C@H](Cc1ccccc1)NC(=O)OCc1ccccc1. The van der Waals surface area contributed by atoms with Crippen LogP contribution in [0.15, 0.2) is 78.9 Å². The van der Waals surface area contributed by atoms with Gasteiger partial charge in [0, 0.05) is 22.9 Å². The maximum atomic E-state index is 13.3. The summed E-state index contributed by atoms with van der Waals surface area (Å²) in [5.41, 5.74) is 2.11. The summed E-state index contributed by atoms with van der Waals surface area (Å²) in [6.45, 7) is 0.0438. The van der Waals surface area contributed by atoms with Crippen LogP contribution in [0, 0.1) is 0 Å². The number of carbonyl (C=O) groups is 3. The Morgan fingerprint density at radius 1 is 0.750 bits per heavy atom. The Bertz CT molecular complexity index is 1160. The lowest BCUT2D eigenvalue weighted by Gasteiger charge is -2.23. The van der Waals surface area contributed by atoms with Gasteiger partial charge < -0.3 is 20.1 Å². The minimum atomic E-state index is -1.08. The Morgan fingerprint density at radius 3 is 1.92 bits per heavy atom. The Labute approximate surface area is 219 Å². The van der Waals surface area contributed by atoms with Gasteiger partial charge in [0.15, 0.2) is 0 Å². The second-order valence-electron chi connectivity index (χ2n) is 7.94. The van der Waals surface area contributed by atoms with E-state index in [9.17, 15) is 14.4 Å². The third-order valence-electron chi connectivity index (χ3n) is 5.38. The predicted molar refractivity (Wildman–Crippen MR) is 138 cm³/mol. The molecular formula is C27H26Cl2N2O5. The molecule has 3 aromatic carbocycles. The number of esters is 1. The Balaban J connectivity index is 1.75. The number of halogens is 2. The van der Waals surface area contributed by atoms with E-state index in [2.05, 4.69) is 10.6 Å². The van der Waals surface area contributed by atoms with E-state index >= 15 is 0 Å². The van der Waals surface area contributed by atoms with Gasteiger partial charge in [0.25, 0.3) is 0 Å². The van der Waals surface area contributed by atoms with Crippen molar-refractivity contribution in [1.82, 2.24) is 10.6 Å². The third kappa shape index (κ3) is 8.00.